The molecule has 0 saturated carbocycles. The first-order chi connectivity index (χ1) is 8.22. The Morgan fingerprint density at radius 2 is 1.65 bits per heavy atom. The van der Waals surface area contributed by atoms with E-state index in [1.54, 1.807) is 0 Å². The Balaban J connectivity index is 2.77. The Hall–Kier alpha value is -1.82. The number of hydrogen-bond acceptors (Lipinski definition) is 0. The molecular formula is C17H16. The molecule has 3 rings (SSSR count). The van der Waals surface area contributed by atoms with Gasteiger partial charge in [-0.1, -0.05) is 42.5 Å². The summed E-state index contributed by atoms with van der Waals surface area (Å²) in [6, 6.07) is 13.3. The van der Waals surface area contributed by atoms with Crippen LogP contribution in [0, 0.1) is 13.8 Å². The number of rotatable bonds is 0. The average Bonchev–Trinajstić information content (AvgIpc) is 2.35. The minimum absolute atomic E-state index is 1.34. The van der Waals surface area contributed by atoms with Crippen LogP contribution in [0.15, 0.2) is 36.4 Å². The Morgan fingerprint density at radius 3 is 2.41 bits per heavy atom. The van der Waals surface area contributed by atoms with Gasteiger partial charge in [0.1, 0.15) is 0 Å². The minimum Gasteiger partial charge on any atom is -0.0798 e. The van der Waals surface area contributed by atoms with Gasteiger partial charge in [-0.05, 0) is 58.7 Å². The molecule has 0 N–H and O–H groups in total. The van der Waals surface area contributed by atoms with Gasteiger partial charge in [-0.25, -0.2) is 0 Å². The second kappa shape index (κ2) is 3.59. The smallest absolute Gasteiger partial charge is 0.00301 e. The van der Waals surface area contributed by atoms with E-state index in [-0.39, 0.29) is 0 Å². The molecule has 0 spiro atoms. The van der Waals surface area contributed by atoms with Crippen molar-refractivity contribution in [2.75, 3.05) is 0 Å². The number of benzene rings is 3. The lowest BCUT2D eigenvalue weighted by molar-refractivity contribution is 1.38. The topological polar surface area (TPSA) is 0 Å². The van der Waals surface area contributed by atoms with Crippen LogP contribution in [0.2, 0.25) is 0 Å². The van der Waals surface area contributed by atoms with Crippen LogP contribution in [0.25, 0.3) is 27.6 Å². The highest BCUT2D eigenvalue weighted by Crippen LogP contribution is 2.28. The van der Waals surface area contributed by atoms with Crippen LogP contribution in [0.5, 0.6) is 0 Å². The minimum atomic E-state index is 1.34. The molecule has 0 radical (unpaired) electrons. The maximum Gasteiger partial charge on any atom is -0.00301 e. The van der Waals surface area contributed by atoms with Gasteiger partial charge in [0.25, 0.3) is 0 Å². The van der Waals surface area contributed by atoms with E-state index >= 15 is 0 Å². The molecule has 0 atom stereocenters. The largest absolute Gasteiger partial charge is 0.0798 e. The molecule has 0 fully saturated rings. The van der Waals surface area contributed by atoms with Gasteiger partial charge < -0.3 is 0 Å². The third-order valence-electron chi connectivity index (χ3n) is 3.76. The van der Waals surface area contributed by atoms with Crippen molar-refractivity contribution in [2.45, 2.75) is 20.8 Å². The van der Waals surface area contributed by atoms with Crippen molar-refractivity contribution in [2.24, 2.45) is 0 Å². The van der Waals surface area contributed by atoms with Crippen molar-refractivity contribution in [1.82, 2.24) is 0 Å². The summed E-state index contributed by atoms with van der Waals surface area (Å²) in [7, 11) is 0. The van der Waals surface area contributed by atoms with E-state index in [9.17, 15) is 0 Å². The van der Waals surface area contributed by atoms with Crippen LogP contribution < -0.4 is 5.22 Å². The van der Waals surface area contributed by atoms with Crippen LogP contribution in [0.3, 0.4) is 0 Å². The van der Waals surface area contributed by atoms with E-state index in [1.165, 1.54) is 37.9 Å². The summed E-state index contributed by atoms with van der Waals surface area (Å²) >= 11 is 0. The van der Waals surface area contributed by atoms with Gasteiger partial charge in [0.15, 0.2) is 0 Å². The van der Waals surface area contributed by atoms with Crippen LogP contribution in [0.4, 0.5) is 0 Å². The van der Waals surface area contributed by atoms with E-state index in [2.05, 4.69) is 63.2 Å². The first kappa shape index (κ1) is 10.3. The van der Waals surface area contributed by atoms with Crippen LogP contribution in [-0.2, 0) is 0 Å². The molecule has 0 aliphatic rings. The third-order valence-corrected chi connectivity index (χ3v) is 3.76. The van der Waals surface area contributed by atoms with Gasteiger partial charge in [0, 0.05) is 0 Å². The lowest BCUT2D eigenvalue weighted by Crippen LogP contribution is -2.04. The fourth-order valence-corrected chi connectivity index (χ4v) is 2.73. The van der Waals surface area contributed by atoms with Crippen LogP contribution in [-0.4, -0.2) is 0 Å². The second-order valence-electron chi connectivity index (χ2n) is 4.72. The summed E-state index contributed by atoms with van der Waals surface area (Å²) in [6.07, 6.45) is 2.20. The molecule has 0 saturated heterocycles. The summed E-state index contributed by atoms with van der Waals surface area (Å²) in [5.74, 6) is 0. The van der Waals surface area contributed by atoms with Crippen molar-refractivity contribution < 1.29 is 0 Å². The van der Waals surface area contributed by atoms with E-state index in [0.717, 1.165) is 0 Å². The van der Waals surface area contributed by atoms with Gasteiger partial charge in [0.2, 0.25) is 0 Å². The maximum absolute atomic E-state index is 2.30. The third kappa shape index (κ3) is 1.37. The SMILES string of the molecule is C/C=c1/ccc2cccc3cc(C)c(C)c1c23. The molecular weight excluding hydrogens is 204 g/mol. The molecule has 17 heavy (non-hydrogen) atoms. The predicted molar refractivity (Wildman–Crippen MR) is 76.3 cm³/mol. The Kier molecular flexibility index (Phi) is 2.19. The van der Waals surface area contributed by atoms with E-state index < -0.39 is 0 Å². The predicted octanol–water partition coefficient (Wildman–Crippen LogP) is 4.13. The fraction of sp³-hybridized carbons (Fsp3) is 0.176. The van der Waals surface area contributed by atoms with Crippen molar-refractivity contribution in [1.29, 1.82) is 0 Å². The molecule has 0 unspecified atom stereocenters. The molecule has 0 heteroatoms. The first-order valence-corrected chi connectivity index (χ1v) is 6.10. The maximum atomic E-state index is 2.30. The van der Waals surface area contributed by atoms with Gasteiger partial charge in [-0.3, -0.25) is 0 Å². The number of aryl methyl sites for hydroxylation is 2. The second-order valence-corrected chi connectivity index (χ2v) is 4.72. The standard InChI is InChI=1S/C17H16/c1-4-13-8-9-14-6-5-7-15-10-11(2)12(3)16(13)17(14)15/h4-10H,1-3H3/b13-4-. The highest BCUT2D eigenvalue weighted by atomic mass is 14.1. The van der Waals surface area contributed by atoms with Crippen molar-refractivity contribution in [3.63, 3.8) is 0 Å². The van der Waals surface area contributed by atoms with Crippen molar-refractivity contribution in [3.8, 4) is 0 Å². The van der Waals surface area contributed by atoms with Crippen molar-refractivity contribution >= 4 is 27.6 Å². The zero-order chi connectivity index (χ0) is 12.0. The normalized spacial score (nSPS) is 12.8. The average molecular weight is 220 g/mol. The van der Waals surface area contributed by atoms with E-state index in [0.29, 0.717) is 0 Å². The molecule has 84 valence electrons. The summed E-state index contributed by atoms with van der Waals surface area (Å²) in [4.78, 5) is 0. The van der Waals surface area contributed by atoms with Crippen LogP contribution in [0.1, 0.15) is 18.1 Å². The van der Waals surface area contributed by atoms with E-state index in [1.807, 2.05) is 0 Å². The fourth-order valence-electron chi connectivity index (χ4n) is 2.73. The molecule has 0 bridgehead atoms. The van der Waals surface area contributed by atoms with Gasteiger partial charge in [-0.2, -0.15) is 0 Å². The zero-order valence-electron chi connectivity index (χ0n) is 10.5. The molecule has 0 nitrogen and oxygen atoms in total. The molecule has 0 amide bonds. The molecule has 0 aliphatic heterocycles. The number of hydrogen-bond donors (Lipinski definition) is 0. The highest BCUT2D eigenvalue weighted by Gasteiger charge is 2.07. The summed E-state index contributed by atoms with van der Waals surface area (Å²) < 4.78 is 0. The lowest BCUT2D eigenvalue weighted by Gasteiger charge is -2.11. The van der Waals surface area contributed by atoms with Gasteiger partial charge >= 0.3 is 0 Å². The monoisotopic (exact) mass is 220 g/mol. The molecule has 3 aromatic rings. The quantitative estimate of drug-likeness (QED) is 0.534. The Labute approximate surface area is 102 Å². The summed E-state index contributed by atoms with van der Waals surface area (Å²) in [5, 5.41) is 6.86. The molecule has 3 aromatic carbocycles. The van der Waals surface area contributed by atoms with E-state index in [4.69, 9.17) is 0 Å². The summed E-state index contributed by atoms with van der Waals surface area (Å²) in [6.45, 7) is 6.54. The molecule has 0 heterocycles. The van der Waals surface area contributed by atoms with Crippen LogP contribution >= 0.6 is 0 Å². The Bertz CT molecular complexity index is 764. The zero-order valence-corrected chi connectivity index (χ0v) is 10.5. The first-order valence-electron chi connectivity index (χ1n) is 6.10. The molecule has 0 aliphatic carbocycles. The Morgan fingerprint density at radius 1 is 0.882 bits per heavy atom. The van der Waals surface area contributed by atoms with Gasteiger partial charge in [0.05, 0.1) is 0 Å². The highest BCUT2D eigenvalue weighted by molar-refractivity contribution is 6.11. The lowest BCUT2D eigenvalue weighted by atomic mass is 9.93. The van der Waals surface area contributed by atoms with Gasteiger partial charge in [-0.15, -0.1) is 0 Å². The van der Waals surface area contributed by atoms with Crippen molar-refractivity contribution in [3.05, 3.63) is 52.7 Å². The molecule has 0 aromatic heterocycles. The summed E-state index contributed by atoms with van der Waals surface area (Å²) in [5.41, 5.74) is 2.78.